The molecule has 0 N–H and O–H groups in total. The number of ketones is 1. The minimum atomic E-state index is -0.812. The zero-order valence-corrected chi connectivity index (χ0v) is 7.63. The van der Waals surface area contributed by atoms with Gasteiger partial charge in [0.05, 0.1) is 7.11 Å². The summed E-state index contributed by atoms with van der Waals surface area (Å²) in [6, 6.07) is 0. The Bertz CT molecular complexity index is 227. The Morgan fingerprint density at radius 2 is 1.58 bits per heavy atom. The summed E-state index contributed by atoms with van der Waals surface area (Å²) in [5, 5.41) is 0. The second-order valence-corrected chi connectivity index (χ2v) is 2.29. The molecule has 4 nitrogen and oxygen atoms in total. The summed E-state index contributed by atoms with van der Waals surface area (Å²) in [6.45, 7) is 4.52. The van der Waals surface area contributed by atoms with Crippen molar-refractivity contribution in [3.63, 3.8) is 0 Å². The lowest BCUT2D eigenvalue weighted by Crippen LogP contribution is -2.06. The SMILES string of the molecule is COC(=O)O/C(C)=C(\C)C(C)=O. The number of rotatable bonds is 2. The van der Waals surface area contributed by atoms with E-state index in [9.17, 15) is 9.59 Å². The van der Waals surface area contributed by atoms with E-state index in [4.69, 9.17) is 0 Å². The van der Waals surface area contributed by atoms with E-state index in [0.29, 0.717) is 5.57 Å². The lowest BCUT2D eigenvalue weighted by atomic mass is 10.2. The summed E-state index contributed by atoms with van der Waals surface area (Å²) >= 11 is 0. The van der Waals surface area contributed by atoms with Gasteiger partial charge in [-0.2, -0.15) is 0 Å². The predicted octanol–water partition coefficient (Wildman–Crippen LogP) is 1.65. The van der Waals surface area contributed by atoms with Crippen LogP contribution in [0.3, 0.4) is 0 Å². The van der Waals surface area contributed by atoms with Gasteiger partial charge in [0, 0.05) is 5.57 Å². The minimum Gasteiger partial charge on any atom is -0.437 e. The van der Waals surface area contributed by atoms with Gasteiger partial charge in [-0.05, 0) is 20.8 Å². The zero-order chi connectivity index (χ0) is 9.72. The number of ether oxygens (including phenoxy) is 2. The second-order valence-electron chi connectivity index (χ2n) is 2.29. The minimum absolute atomic E-state index is 0.128. The molecule has 0 spiro atoms. The van der Waals surface area contributed by atoms with E-state index >= 15 is 0 Å². The molecule has 12 heavy (non-hydrogen) atoms. The van der Waals surface area contributed by atoms with Crippen molar-refractivity contribution in [3.8, 4) is 0 Å². The lowest BCUT2D eigenvalue weighted by Gasteiger charge is -2.04. The van der Waals surface area contributed by atoms with Crippen LogP contribution >= 0.6 is 0 Å². The Kier molecular flexibility index (Phi) is 4.04. The maximum Gasteiger partial charge on any atom is 0.513 e. The van der Waals surface area contributed by atoms with Crippen molar-refractivity contribution >= 4 is 11.9 Å². The maximum atomic E-state index is 10.8. The smallest absolute Gasteiger partial charge is 0.437 e. The van der Waals surface area contributed by atoms with E-state index in [1.54, 1.807) is 6.92 Å². The van der Waals surface area contributed by atoms with Crippen LogP contribution < -0.4 is 0 Å². The summed E-state index contributed by atoms with van der Waals surface area (Å²) < 4.78 is 8.86. The average molecular weight is 172 g/mol. The predicted molar refractivity (Wildman–Crippen MR) is 42.5 cm³/mol. The van der Waals surface area contributed by atoms with Crippen LogP contribution in [0.2, 0.25) is 0 Å². The molecule has 0 aromatic carbocycles. The number of allylic oxidation sites excluding steroid dienone is 2. The highest BCUT2D eigenvalue weighted by Gasteiger charge is 2.07. The molecule has 68 valence electrons. The third-order valence-electron chi connectivity index (χ3n) is 1.46. The summed E-state index contributed by atoms with van der Waals surface area (Å²) in [7, 11) is 1.21. The average Bonchev–Trinajstić information content (AvgIpc) is 2.02. The lowest BCUT2D eigenvalue weighted by molar-refractivity contribution is -0.113. The monoisotopic (exact) mass is 172 g/mol. The van der Waals surface area contributed by atoms with Crippen LogP contribution in [0.1, 0.15) is 20.8 Å². The molecule has 0 aliphatic carbocycles. The van der Waals surface area contributed by atoms with Crippen molar-refractivity contribution in [2.75, 3.05) is 7.11 Å². The number of carbonyl (C=O) groups is 2. The first-order valence-corrected chi connectivity index (χ1v) is 3.43. The quantitative estimate of drug-likeness (QED) is 0.361. The Morgan fingerprint density at radius 3 is 1.92 bits per heavy atom. The highest BCUT2D eigenvalue weighted by atomic mass is 16.7. The Balaban J connectivity index is 4.37. The van der Waals surface area contributed by atoms with E-state index in [1.807, 2.05) is 0 Å². The molecule has 0 atom stereocenters. The number of methoxy groups -OCH3 is 1. The zero-order valence-electron chi connectivity index (χ0n) is 7.63. The summed E-state index contributed by atoms with van der Waals surface area (Å²) in [5.41, 5.74) is 0.417. The largest absolute Gasteiger partial charge is 0.513 e. The molecule has 0 radical (unpaired) electrons. The molecule has 0 heterocycles. The topological polar surface area (TPSA) is 52.6 Å². The molecule has 0 fully saturated rings. The molecule has 0 amide bonds. The van der Waals surface area contributed by atoms with Gasteiger partial charge in [0.2, 0.25) is 0 Å². The van der Waals surface area contributed by atoms with Crippen LogP contribution in [-0.4, -0.2) is 19.0 Å². The van der Waals surface area contributed by atoms with Crippen LogP contribution in [0.4, 0.5) is 4.79 Å². The van der Waals surface area contributed by atoms with Gasteiger partial charge in [-0.25, -0.2) is 4.79 Å². The highest BCUT2D eigenvalue weighted by molar-refractivity contribution is 5.93. The standard InChI is InChI=1S/C8H12O4/c1-5(6(2)9)7(3)12-8(10)11-4/h1-4H3/b7-5+. The van der Waals surface area contributed by atoms with Crippen LogP contribution in [0.25, 0.3) is 0 Å². The van der Waals surface area contributed by atoms with Crippen molar-refractivity contribution in [2.45, 2.75) is 20.8 Å². The third-order valence-corrected chi connectivity index (χ3v) is 1.46. The van der Waals surface area contributed by atoms with Gasteiger partial charge in [0.25, 0.3) is 0 Å². The summed E-state index contributed by atoms with van der Waals surface area (Å²) in [6.07, 6.45) is -0.812. The molecular weight excluding hydrogens is 160 g/mol. The normalized spacial score (nSPS) is 11.7. The van der Waals surface area contributed by atoms with Gasteiger partial charge >= 0.3 is 6.16 Å². The van der Waals surface area contributed by atoms with E-state index < -0.39 is 6.16 Å². The molecule has 0 bridgehead atoms. The molecule has 0 aromatic rings. The second kappa shape index (κ2) is 4.54. The number of hydrogen-bond acceptors (Lipinski definition) is 4. The first kappa shape index (κ1) is 10.7. The van der Waals surface area contributed by atoms with Crippen LogP contribution in [0, 0.1) is 0 Å². The first-order valence-electron chi connectivity index (χ1n) is 3.43. The highest BCUT2D eigenvalue weighted by Crippen LogP contribution is 2.06. The molecule has 0 saturated carbocycles. The molecule has 0 aliphatic heterocycles. The maximum absolute atomic E-state index is 10.8. The van der Waals surface area contributed by atoms with Crippen molar-refractivity contribution in [3.05, 3.63) is 11.3 Å². The third kappa shape index (κ3) is 3.18. The summed E-state index contributed by atoms with van der Waals surface area (Å²) in [5.74, 6) is 0.144. The van der Waals surface area contributed by atoms with E-state index in [2.05, 4.69) is 9.47 Å². The number of hydrogen-bond donors (Lipinski definition) is 0. The van der Waals surface area contributed by atoms with Gasteiger partial charge in [-0.3, -0.25) is 4.79 Å². The van der Waals surface area contributed by atoms with E-state index in [1.165, 1.54) is 21.0 Å². The molecule has 4 heteroatoms. The number of carbonyl (C=O) groups excluding carboxylic acids is 2. The van der Waals surface area contributed by atoms with Gasteiger partial charge in [0.15, 0.2) is 5.78 Å². The van der Waals surface area contributed by atoms with Crippen molar-refractivity contribution in [1.82, 2.24) is 0 Å². The Labute approximate surface area is 71.2 Å². The molecule has 0 aliphatic rings. The Hall–Kier alpha value is -1.32. The molecular formula is C8H12O4. The number of Topliss-reactive ketones (excluding diaryl/α,β-unsaturated/α-hetero) is 1. The van der Waals surface area contributed by atoms with Crippen LogP contribution in [0.5, 0.6) is 0 Å². The van der Waals surface area contributed by atoms with Crippen molar-refractivity contribution in [2.24, 2.45) is 0 Å². The fourth-order valence-electron chi connectivity index (χ4n) is 0.491. The van der Waals surface area contributed by atoms with Crippen molar-refractivity contribution < 1.29 is 19.1 Å². The first-order chi connectivity index (χ1) is 5.49. The van der Waals surface area contributed by atoms with Crippen molar-refractivity contribution in [1.29, 1.82) is 0 Å². The Morgan fingerprint density at radius 1 is 1.08 bits per heavy atom. The molecule has 0 saturated heterocycles. The fourth-order valence-corrected chi connectivity index (χ4v) is 0.491. The van der Waals surface area contributed by atoms with E-state index in [0.717, 1.165) is 0 Å². The molecule has 0 rings (SSSR count). The van der Waals surface area contributed by atoms with Gasteiger partial charge in [-0.1, -0.05) is 0 Å². The van der Waals surface area contributed by atoms with Crippen LogP contribution in [0.15, 0.2) is 11.3 Å². The fraction of sp³-hybridized carbons (Fsp3) is 0.500. The van der Waals surface area contributed by atoms with Gasteiger partial charge in [-0.15, -0.1) is 0 Å². The molecule has 0 aromatic heterocycles. The molecule has 0 unspecified atom stereocenters. The summed E-state index contributed by atoms with van der Waals surface area (Å²) in [4.78, 5) is 21.3. The van der Waals surface area contributed by atoms with Gasteiger partial charge < -0.3 is 9.47 Å². The van der Waals surface area contributed by atoms with E-state index in [-0.39, 0.29) is 11.5 Å². The van der Waals surface area contributed by atoms with Gasteiger partial charge in [0.1, 0.15) is 5.76 Å². The van der Waals surface area contributed by atoms with Crippen LogP contribution in [-0.2, 0) is 14.3 Å².